The van der Waals surface area contributed by atoms with Gasteiger partial charge in [0.05, 0.1) is 11.9 Å². The Morgan fingerprint density at radius 3 is 2.33 bits per heavy atom. The molecule has 0 aliphatic carbocycles. The number of aromatic nitrogens is 1. The van der Waals surface area contributed by atoms with E-state index in [2.05, 4.69) is 56.2 Å². The second-order valence-electron chi connectivity index (χ2n) is 4.98. The van der Waals surface area contributed by atoms with Gasteiger partial charge < -0.3 is 5.32 Å². The first kappa shape index (κ1) is 12.6. The van der Waals surface area contributed by atoms with Crippen LogP contribution in [0.2, 0.25) is 0 Å². The maximum absolute atomic E-state index is 4.16. The number of hydrogen-bond donors (Lipinski definition) is 1. The van der Waals surface area contributed by atoms with E-state index in [4.69, 9.17) is 0 Å². The van der Waals surface area contributed by atoms with Crippen molar-refractivity contribution in [1.82, 2.24) is 4.98 Å². The second-order valence-corrected chi connectivity index (χ2v) is 4.98. The molecule has 1 heterocycles. The Hall–Kier alpha value is -1.83. The molecule has 0 saturated heterocycles. The number of benzene rings is 1. The van der Waals surface area contributed by atoms with Crippen molar-refractivity contribution in [3.05, 3.63) is 58.9 Å². The Balaban J connectivity index is 2.22. The molecule has 2 heteroatoms. The average Bonchev–Trinajstić information content (AvgIpc) is 2.31. The van der Waals surface area contributed by atoms with Gasteiger partial charge in [-0.15, -0.1) is 0 Å². The van der Waals surface area contributed by atoms with E-state index in [9.17, 15) is 0 Å². The van der Waals surface area contributed by atoms with E-state index >= 15 is 0 Å². The molecule has 0 bridgehead atoms. The molecule has 0 spiro atoms. The van der Waals surface area contributed by atoms with Crippen LogP contribution in [0.4, 0.5) is 5.69 Å². The monoisotopic (exact) mass is 240 g/mol. The van der Waals surface area contributed by atoms with Gasteiger partial charge in [0.25, 0.3) is 0 Å². The van der Waals surface area contributed by atoms with Crippen LogP contribution in [0.25, 0.3) is 0 Å². The molecule has 1 unspecified atom stereocenters. The molecule has 1 N–H and O–H groups in total. The van der Waals surface area contributed by atoms with Gasteiger partial charge in [-0.05, 0) is 44.9 Å². The molecular formula is C16H20N2. The predicted octanol–water partition coefficient (Wildman–Crippen LogP) is 4.18. The summed E-state index contributed by atoms with van der Waals surface area (Å²) >= 11 is 0. The van der Waals surface area contributed by atoms with Gasteiger partial charge in [0, 0.05) is 12.2 Å². The van der Waals surface area contributed by atoms with Gasteiger partial charge in [-0.2, -0.15) is 0 Å². The number of aryl methyl sites for hydroxylation is 3. The standard InChI is InChI=1S/C16H20N2/c1-11-7-12(2)9-15(8-11)14(4)18-16-10-17-6-5-13(16)3/h5-10,14,18H,1-4H3. The van der Waals surface area contributed by atoms with Gasteiger partial charge in [0.1, 0.15) is 0 Å². The molecule has 1 atom stereocenters. The minimum absolute atomic E-state index is 0.284. The topological polar surface area (TPSA) is 24.9 Å². The highest BCUT2D eigenvalue weighted by Gasteiger charge is 2.07. The molecule has 2 nitrogen and oxygen atoms in total. The van der Waals surface area contributed by atoms with Crippen molar-refractivity contribution in [1.29, 1.82) is 0 Å². The fourth-order valence-electron chi connectivity index (χ4n) is 2.19. The van der Waals surface area contributed by atoms with Crippen LogP contribution in [-0.2, 0) is 0 Å². The van der Waals surface area contributed by atoms with E-state index in [0.29, 0.717) is 0 Å². The molecule has 1 aromatic carbocycles. The molecular weight excluding hydrogens is 220 g/mol. The van der Waals surface area contributed by atoms with Crippen molar-refractivity contribution in [2.24, 2.45) is 0 Å². The lowest BCUT2D eigenvalue weighted by Crippen LogP contribution is -2.08. The van der Waals surface area contributed by atoms with Crippen molar-refractivity contribution in [2.75, 3.05) is 5.32 Å². The zero-order valence-electron chi connectivity index (χ0n) is 11.5. The van der Waals surface area contributed by atoms with Crippen molar-refractivity contribution >= 4 is 5.69 Å². The molecule has 0 amide bonds. The highest BCUT2D eigenvalue weighted by atomic mass is 14.9. The number of nitrogens with one attached hydrogen (secondary N) is 1. The summed E-state index contributed by atoms with van der Waals surface area (Å²) in [4.78, 5) is 4.16. The van der Waals surface area contributed by atoms with E-state index in [1.807, 2.05) is 18.5 Å². The summed E-state index contributed by atoms with van der Waals surface area (Å²) in [6, 6.07) is 8.97. The Morgan fingerprint density at radius 1 is 1.06 bits per heavy atom. The second kappa shape index (κ2) is 5.21. The first-order valence-electron chi connectivity index (χ1n) is 6.31. The van der Waals surface area contributed by atoms with Crippen molar-refractivity contribution in [2.45, 2.75) is 33.7 Å². The third-order valence-corrected chi connectivity index (χ3v) is 3.16. The molecule has 2 rings (SSSR count). The third-order valence-electron chi connectivity index (χ3n) is 3.16. The van der Waals surface area contributed by atoms with Gasteiger partial charge in [0.2, 0.25) is 0 Å². The van der Waals surface area contributed by atoms with Crippen LogP contribution in [-0.4, -0.2) is 4.98 Å². The largest absolute Gasteiger partial charge is 0.377 e. The van der Waals surface area contributed by atoms with Crippen LogP contribution < -0.4 is 5.32 Å². The van der Waals surface area contributed by atoms with Crippen LogP contribution in [0.5, 0.6) is 0 Å². The van der Waals surface area contributed by atoms with E-state index in [1.165, 1.54) is 22.3 Å². The van der Waals surface area contributed by atoms with Crippen LogP contribution in [0.15, 0.2) is 36.7 Å². The van der Waals surface area contributed by atoms with Crippen LogP contribution in [0.3, 0.4) is 0 Å². The fraction of sp³-hybridized carbons (Fsp3) is 0.312. The van der Waals surface area contributed by atoms with Crippen molar-refractivity contribution in [3.63, 3.8) is 0 Å². The lowest BCUT2D eigenvalue weighted by atomic mass is 10.0. The number of rotatable bonds is 3. The van der Waals surface area contributed by atoms with Crippen LogP contribution in [0.1, 0.15) is 35.2 Å². The highest BCUT2D eigenvalue weighted by molar-refractivity contribution is 5.50. The van der Waals surface area contributed by atoms with Crippen LogP contribution in [0, 0.1) is 20.8 Å². The molecule has 94 valence electrons. The normalized spacial score (nSPS) is 12.2. The molecule has 1 aromatic heterocycles. The maximum atomic E-state index is 4.16. The highest BCUT2D eigenvalue weighted by Crippen LogP contribution is 2.22. The Kier molecular flexibility index (Phi) is 3.66. The first-order chi connectivity index (χ1) is 8.56. The molecule has 0 aliphatic rings. The average molecular weight is 240 g/mol. The third kappa shape index (κ3) is 2.89. The zero-order chi connectivity index (χ0) is 13.1. The summed E-state index contributed by atoms with van der Waals surface area (Å²) in [6.45, 7) is 8.55. The lowest BCUT2D eigenvalue weighted by molar-refractivity contribution is 0.876. The SMILES string of the molecule is Cc1cc(C)cc(C(C)Nc2cnccc2C)c1. The van der Waals surface area contributed by atoms with Crippen molar-refractivity contribution in [3.8, 4) is 0 Å². The van der Waals surface area contributed by atoms with Crippen LogP contribution >= 0.6 is 0 Å². The summed E-state index contributed by atoms with van der Waals surface area (Å²) in [7, 11) is 0. The van der Waals surface area contributed by atoms with E-state index in [-0.39, 0.29) is 6.04 Å². The zero-order valence-corrected chi connectivity index (χ0v) is 11.5. The Labute approximate surface area is 109 Å². The molecule has 18 heavy (non-hydrogen) atoms. The number of anilines is 1. The minimum Gasteiger partial charge on any atom is -0.377 e. The predicted molar refractivity (Wildman–Crippen MR) is 76.9 cm³/mol. The summed E-state index contributed by atoms with van der Waals surface area (Å²) in [5, 5.41) is 3.52. The van der Waals surface area contributed by atoms with Gasteiger partial charge >= 0.3 is 0 Å². The Morgan fingerprint density at radius 2 is 1.72 bits per heavy atom. The summed E-state index contributed by atoms with van der Waals surface area (Å²) in [5.41, 5.74) is 6.25. The summed E-state index contributed by atoms with van der Waals surface area (Å²) in [5.74, 6) is 0. The van der Waals surface area contributed by atoms with Gasteiger partial charge in [-0.25, -0.2) is 0 Å². The summed E-state index contributed by atoms with van der Waals surface area (Å²) in [6.07, 6.45) is 3.70. The minimum atomic E-state index is 0.284. The maximum Gasteiger partial charge on any atom is 0.0561 e. The Bertz CT molecular complexity index is 526. The van der Waals surface area contributed by atoms with Gasteiger partial charge in [-0.1, -0.05) is 29.3 Å². The molecule has 0 saturated carbocycles. The molecule has 2 aromatic rings. The first-order valence-corrected chi connectivity index (χ1v) is 6.31. The number of hydrogen-bond acceptors (Lipinski definition) is 2. The molecule has 0 radical (unpaired) electrons. The van der Waals surface area contributed by atoms with Gasteiger partial charge in [-0.3, -0.25) is 4.98 Å². The fourth-order valence-corrected chi connectivity index (χ4v) is 2.19. The quantitative estimate of drug-likeness (QED) is 0.870. The van der Waals surface area contributed by atoms with Crippen molar-refractivity contribution < 1.29 is 0 Å². The number of pyridine rings is 1. The van der Waals surface area contributed by atoms with E-state index in [1.54, 1.807) is 0 Å². The van der Waals surface area contributed by atoms with E-state index < -0.39 is 0 Å². The molecule has 0 aliphatic heterocycles. The summed E-state index contributed by atoms with van der Waals surface area (Å²) < 4.78 is 0. The number of nitrogens with zero attached hydrogens (tertiary/aromatic N) is 1. The molecule has 0 fully saturated rings. The van der Waals surface area contributed by atoms with Gasteiger partial charge in [0.15, 0.2) is 0 Å². The lowest BCUT2D eigenvalue weighted by Gasteiger charge is -2.18. The van der Waals surface area contributed by atoms with E-state index in [0.717, 1.165) is 5.69 Å². The smallest absolute Gasteiger partial charge is 0.0561 e.